The molecule has 0 fully saturated rings. The highest BCUT2D eigenvalue weighted by Gasteiger charge is 2.14. The molecule has 0 spiro atoms. The molecule has 1 N–H and O–H groups in total. The molecule has 6 heteroatoms. The number of aromatic nitrogens is 3. The van der Waals surface area contributed by atoms with E-state index in [4.69, 9.17) is 4.74 Å². The molecule has 0 atom stereocenters. The van der Waals surface area contributed by atoms with Gasteiger partial charge in [-0.05, 0) is 30.7 Å². The number of pyridine rings is 1. The molecule has 0 radical (unpaired) electrons. The van der Waals surface area contributed by atoms with E-state index in [2.05, 4.69) is 15.2 Å². The molecule has 1 aromatic carbocycles. The molecule has 2 heterocycles. The summed E-state index contributed by atoms with van der Waals surface area (Å²) in [6.45, 7) is 1.83. The van der Waals surface area contributed by atoms with Gasteiger partial charge in [0.25, 0.3) is 5.56 Å². The fourth-order valence-corrected chi connectivity index (χ4v) is 2.32. The second kappa shape index (κ2) is 5.40. The number of esters is 1. The Bertz CT molecular complexity index is 931. The highest BCUT2D eigenvalue weighted by atomic mass is 16.5. The van der Waals surface area contributed by atoms with Gasteiger partial charge in [0.05, 0.1) is 12.7 Å². The summed E-state index contributed by atoms with van der Waals surface area (Å²) in [5.74, 6) is -0.411. The Morgan fingerprint density at radius 3 is 2.86 bits per heavy atom. The summed E-state index contributed by atoms with van der Waals surface area (Å²) in [6.07, 6.45) is 1.55. The minimum absolute atomic E-state index is 0.313. The van der Waals surface area contributed by atoms with Crippen molar-refractivity contribution in [3.63, 3.8) is 0 Å². The number of carbonyl (C=O) groups is 1. The first-order valence-corrected chi connectivity index (χ1v) is 6.64. The van der Waals surface area contributed by atoms with Crippen LogP contribution in [0.5, 0.6) is 0 Å². The first-order valence-electron chi connectivity index (χ1n) is 6.64. The zero-order valence-corrected chi connectivity index (χ0v) is 12.1. The lowest BCUT2D eigenvalue weighted by Crippen LogP contribution is -2.11. The van der Waals surface area contributed by atoms with Crippen LogP contribution in [0, 0.1) is 6.92 Å². The monoisotopic (exact) mass is 295 g/mol. The maximum absolute atomic E-state index is 11.8. The molecule has 2 aromatic heterocycles. The summed E-state index contributed by atoms with van der Waals surface area (Å²) in [7, 11) is 1.34. The molecule has 0 amide bonds. The number of carbonyl (C=O) groups excluding carboxylic acids is 1. The highest BCUT2D eigenvalue weighted by Crippen LogP contribution is 2.25. The van der Waals surface area contributed by atoms with Crippen LogP contribution in [-0.2, 0) is 4.74 Å². The molecule has 0 aliphatic heterocycles. The molecule has 0 aliphatic rings. The summed E-state index contributed by atoms with van der Waals surface area (Å²) in [6, 6.07) is 8.87. The van der Waals surface area contributed by atoms with Crippen molar-refractivity contribution in [3.8, 4) is 11.3 Å². The van der Waals surface area contributed by atoms with Crippen molar-refractivity contribution >= 4 is 16.9 Å². The molecule has 22 heavy (non-hydrogen) atoms. The van der Waals surface area contributed by atoms with Crippen molar-refractivity contribution in [2.24, 2.45) is 0 Å². The van der Waals surface area contributed by atoms with Crippen molar-refractivity contribution in [3.05, 3.63) is 58.0 Å². The first kappa shape index (κ1) is 13.9. The van der Waals surface area contributed by atoms with Gasteiger partial charge in [-0.15, -0.1) is 0 Å². The third-order valence-electron chi connectivity index (χ3n) is 3.46. The van der Waals surface area contributed by atoms with Gasteiger partial charge in [0, 0.05) is 17.1 Å². The predicted molar refractivity (Wildman–Crippen MR) is 81.7 cm³/mol. The molecular formula is C16H13N3O3. The highest BCUT2D eigenvalue weighted by molar-refractivity contribution is 5.95. The third kappa shape index (κ3) is 2.24. The van der Waals surface area contributed by atoms with E-state index in [1.54, 1.807) is 24.4 Å². The summed E-state index contributed by atoms with van der Waals surface area (Å²) in [5, 5.41) is 7.17. The van der Waals surface area contributed by atoms with E-state index in [1.165, 1.54) is 7.11 Å². The van der Waals surface area contributed by atoms with Gasteiger partial charge in [0.15, 0.2) is 0 Å². The molecule has 3 aromatic rings. The summed E-state index contributed by atoms with van der Waals surface area (Å²) in [4.78, 5) is 27.7. The zero-order valence-electron chi connectivity index (χ0n) is 12.1. The van der Waals surface area contributed by atoms with Crippen molar-refractivity contribution in [1.29, 1.82) is 0 Å². The number of methoxy groups -OCH3 is 1. The van der Waals surface area contributed by atoms with Crippen LogP contribution in [0.4, 0.5) is 0 Å². The molecule has 3 rings (SSSR count). The second-order valence-electron chi connectivity index (χ2n) is 4.82. The molecule has 0 aliphatic carbocycles. The van der Waals surface area contributed by atoms with Crippen LogP contribution in [0.15, 0.2) is 41.3 Å². The van der Waals surface area contributed by atoms with Crippen molar-refractivity contribution in [2.75, 3.05) is 7.11 Å². The largest absolute Gasteiger partial charge is 0.465 e. The van der Waals surface area contributed by atoms with Crippen LogP contribution >= 0.6 is 0 Å². The van der Waals surface area contributed by atoms with Gasteiger partial charge in [0.2, 0.25) is 0 Å². The van der Waals surface area contributed by atoms with E-state index in [1.807, 2.05) is 19.1 Å². The predicted octanol–water partition coefficient (Wildman–Crippen LogP) is 2.08. The fourth-order valence-electron chi connectivity index (χ4n) is 2.32. The van der Waals surface area contributed by atoms with Crippen LogP contribution < -0.4 is 5.56 Å². The average Bonchev–Trinajstić information content (AvgIpc) is 2.55. The Labute approximate surface area is 125 Å². The molecular weight excluding hydrogens is 282 g/mol. The third-order valence-corrected chi connectivity index (χ3v) is 3.46. The van der Waals surface area contributed by atoms with E-state index in [9.17, 15) is 9.59 Å². The second-order valence-corrected chi connectivity index (χ2v) is 4.82. The number of H-pyrrole nitrogens is 1. The maximum atomic E-state index is 11.8. The quantitative estimate of drug-likeness (QED) is 0.732. The number of rotatable bonds is 2. The van der Waals surface area contributed by atoms with Crippen LogP contribution in [0.3, 0.4) is 0 Å². The minimum atomic E-state index is -0.411. The van der Waals surface area contributed by atoms with E-state index in [0.29, 0.717) is 27.7 Å². The standard InChI is InChI=1S/C16H13N3O3/c1-9-5-6-10(8-12(9)16(21)22-2)13-11-4-3-7-17-14(11)15(20)19-18-13/h3-8H,1-2H3,(H,19,20). The zero-order chi connectivity index (χ0) is 15.7. The van der Waals surface area contributed by atoms with Gasteiger partial charge in [-0.1, -0.05) is 12.1 Å². The Hall–Kier alpha value is -3.02. The number of fused-ring (bicyclic) bond motifs is 1. The topological polar surface area (TPSA) is 84.9 Å². The Morgan fingerprint density at radius 1 is 1.27 bits per heavy atom. The molecule has 0 bridgehead atoms. The number of aromatic amines is 1. The van der Waals surface area contributed by atoms with Crippen LogP contribution in [0.1, 0.15) is 15.9 Å². The van der Waals surface area contributed by atoms with E-state index in [0.717, 1.165) is 5.56 Å². The molecule has 110 valence electrons. The summed E-state index contributed by atoms with van der Waals surface area (Å²) < 4.78 is 4.79. The van der Waals surface area contributed by atoms with Gasteiger partial charge in [-0.3, -0.25) is 9.78 Å². The van der Waals surface area contributed by atoms with Gasteiger partial charge < -0.3 is 4.74 Å². The fraction of sp³-hybridized carbons (Fsp3) is 0.125. The van der Waals surface area contributed by atoms with Crippen molar-refractivity contribution in [1.82, 2.24) is 15.2 Å². The van der Waals surface area contributed by atoms with E-state index in [-0.39, 0.29) is 5.56 Å². The summed E-state index contributed by atoms with van der Waals surface area (Å²) >= 11 is 0. The smallest absolute Gasteiger partial charge is 0.338 e. The first-order chi connectivity index (χ1) is 10.6. The maximum Gasteiger partial charge on any atom is 0.338 e. The Balaban J connectivity index is 2.27. The van der Waals surface area contributed by atoms with Gasteiger partial charge in [0.1, 0.15) is 11.2 Å². The normalized spacial score (nSPS) is 10.6. The number of ether oxygens (including phenoxy) is 1. The summed E-state index contributed by atoms with van der Waals surface area (Å²) in [5.41, 5.74) is 2.51. The van der Waals surface area contributed by atoms with Crippen LogP contribution in [0.25, 0.3) is 22.2 Å². The van der Waals surface area contributed by atoms with Crippen molar-refractivity contribution < 1.29 is 9.53 Å². The average molecular weight is 295 g/mol. The molecule has 6 nitrogen and oxygen atoms in total. The van der Waals surface area contributed by atoms with Crippen molar-refractivity contribution in [2.45, 2.75) is 6.92 Å². The Morgan fingerprint density at radius 2 is 2.09 bits per heavy atom. The molecule has 0 unspecified atom stereocenters. The lowest BCUT2D eigenvalue weighted by Gasteiger charge is -2.08. The number of benzene rings is 1. The molecule has 0 saturated heterocycles. The Kier molecular flexibility index (Phi) is 3.42. The van der Waals surface area contributed by atoms with Gasteiger partial charge in [-0.2, -0.15) is 5.10 Å². The number of aryl methyl sites for hydroxylation is 1. The number of hydrogen-bond acceptors (Lipinski definition) is 5. The van der Waals surface area contributed by atoms with Gasteiger partial charge in [-0.25, -0.2) is 9.89 Å². The molecule has 0 saturated carbocycles. The van der Waals surface area contributed by atoms with Crippen LogP contribution in [0.2, 0.25) is 0 Å². The number of hydrogen-bond donors (Lipinski definition) is 1. The van der Waals surface area contributed by atoms with E-state index < -0.39 is 5.97 Å². The minimum Gasteiger partial charge on any atom is -0.465 e. The number of nitrogens with zero attached hydrogens (tertiary/aromatic N) is 2. The van der Waals surface area contributed by atoms with E-state index >= 15 is 0 Å². The van der Waals surface area contributed by atoms with Gasteiger partial charge >= 0.3 is 5.97 Å². The lowest BCUT2D eigenvalue weighted by atomic mass is 10.0. The number of nitrogens with one attached hydrogen (secondary N) is 1. The lowest BCUT2D eigenvalue weighted by molar-refractivity contribution is 0.0600. The van der Waals surface area contributed by atoms with Crippen LogP contribution in [-0.4, -0.2) is 28.3 Å². The SMILES string of the molecule is COC(=O)c1cc(-c2n[nH]c(=O)c3ncccc23)ccc1C.